The standard InChI is InChI=1S/C19H32O6Si/c1-22-26(23-2,24-3)13-5-7-16-11-9-15(10-12-16)6-4-8-17-14-18(20)25-19(17)21/h4,6,15-17H,5,7-14H2,1-3H3/b6-4+. The van der Waals surface area contributed by atoms with E-state index in [1.165, 1.54) is 32.1 Å². The Hall–Kier alpha value is -1.02. The second-order valence-electron chi connectivity index (χ2n) is 7.33. The van der Waals surface area contributed by atoms with Crippen LogP contribution in [0.5, 0.6) is 0 Å². The van der Waals surface area contributed by atoms with Crippen LogP contribution in [0, 0.1) is 17.8 Å². The number of carbonyl (C=O) groups excluding carboxylic acids is 2. The SMILES string of the molecule is CO[Si](CCCC1CCC(/C=C/CC2CC(=O)OC2=O)CC1)(OC)OC. The van der Waals surface area contributed by atoms with Crippen molar-refractivity contribution in [2.45, 2.75) is 57.4 Å². The van der Waals surface area contributed by atoms with Gasteiger partial charge in [0.25, 0.3) is 0 Å². The third-order valence-corrected chi connectivity index (χ3v) is 8.54. The molecule has 1 saturated carbocycles. The Kier molecular flexibility index (Phi) is 8.47. The summed E-state index contributed by atoms with van der Waals surface area (Å²) in [7, 11) is 2.56. The summed E-state index contributed by atoms with van der Waals surface area (Å²) in [5.74, 6) is 0.313. The van der Waals surface area contributed by atoms with Crippen LogP contribution >= 0.6 is 0 Å². The predicted octanol–water partition coefficient (Wildman–Crippen LogP) is 3.49. The maximum atomic E-state index is 11.4. The van der Waals surface area contributed by atoms with Crippen LogP contribution < -0.4 is 0 Å². The average Bonchev–Trinajstić information content (AvgIpc) is 2.98. The normalized spacial score (nSPS) is 27.3. The van der Waals surface area contributed by atoms with E-state index in [1.807, 2.05) is 0 Å². The van der Waals surface area contributed by atoms with E-state index in [0.717, 1.165) is 18.4 Å². The highest BCUT2D eigenvalue weighted by Crippen LogP contribution is 2.33. The van der Waals surface area contributed by atoms with E-state index < -0.39 is 14.8 Å². The number of rotatable bonds is 10. The number of hydrogen-bond acceptors (Lipinski definition) is 6. The quantitative estimate of drug-likeness (QED) is 0.248. The third kappa shape index (κ3) is 6.01. The van der Waals surface area contributed by atoms with E-state index in [0.29, 0.717) is 12.3 Å². The molecule has 1 atom stereocenters. The maximum absolute atomic E-state index is 11.4. The molecule has 2 fully saturated rings. The maximum Gasteiger partial charge on any atom is 0.500 e. The van der Waals surface area contributed by atoms with E-state index in [4.69, 9.17) is 13.3 Å². The first-order valence-electron chi connectivity index (χ1n) is 9.58. The molecule has 0 bridgehead atoms. The Labute approximate surface area is 157 Å². The fourth-order valence-corrected chi connectivity index (χ4v) is 5.72. The molecule has 0 spiro atoms. The highest BCUT2D eigenvalue weighted by atomic mass is 28.4. The van der Waals surface area contributed by atoms with Crippen molar-refractivity contribution >= 4 is 20.7 Å². The van der Waals surface area contributed by atoms with Crippen LogP contribution in [-0.2, 0) is 27.6 Å². The fourth-order valence-electron chi connectivity index (χ4n) is 3.97. The minimum atomic E-state index is -2.43. The smallest absolute Gasteiger partial charge is 0.393 e. The second-order valence-corrected chi connectivity index (χ2v) is 10.4. The summed E-state index contributed by atoms with van der Waals surface area (Å²) >= 11 is 0. The molecule has 2 aliphatic rings. The lowest BCUT2D eigenvalue weighted by molar-refractivity contribution is -0.153. The molecule has 1 unspecified atom stereocenters. The van der Waals surface area contributed by atoms with Gasteiger partial charge in [-0.2, -0.15) is 0 Å². The molecule has 1 aliphatic carbocycles. The number of esters is 2. The lowest BCUT2D eigenvalue weighted by atomic mass is 9.80. The van der Waals surface area contributed by atoms with Crippen LogP contribution in [0.2, 0.25) is 6.04 Å². The molecule has 6 nitrogen and oxygen atoms in total. The van der Waals surface area contributed by atoms with Gasteiger partial charge in [-0.15, -0.1) is 0 Å². The zero-order chi connectivity index (χ0) is 19.0. The van der Waals surface area contributed by atoms with Gasteiger partial charge in [-0.05, 0) is 50.4 Å². The monoisotopic (exact) mass is 384 g/mol. The van der Waals surface area contributed by atoms with E-state index in [2.05, 4.69) is 16.9 Å². The number of cyclic esters (lactones) is 2. The Bertz CT molecular complexity index is 486. The van der Waals surface area contributed by atoms with Crippen LogP contribution in [0.15, 0.2) is 12.2 Å². The molecule has 1 aliphatic heterocycles. The van der Waals surface area contributed by atoms with Crippen molar-refractivity contribution in [2.75, 3.05) is 21.3 Å². The summed E-state index contributed by atoms with van der Waals surface area (Å²) in [5, 5.41) is 0. The molecule has 0 N–H and O–H groups in total. The van der Waals surface area contributed by atoms with Gasteiger partial charge in [0.15, 0.2) is 0 Å². The van der Waals surface area contributed by atoms with Gasteiger partial charge in [0.05, 0.1) is 12.3 Å². The summed E-state index contributed by atoms with van der Waals surface area (Å²) in [5.41, 5.74) is 0. The van der Waals surface area contributed by atoms with Gasteiger partial charge >= 0.3 is 20.7 Å². The fraction of sp³-hybridized carbons (Fsp3) is 0.789. The Morgan fingerprint density at radius 2 is 1.73 bits per heavy atom. The van der Waals surface area contributed by atoms with Crippen LogP contribution in [0.4, 0.5) is 0 Å². The Morgan fingerprint density at radius 3 is 2.27 bits per heavy atom. The van der Waals surface area contributed by atoms with Crippen molar-refractivity contribution in [1.29, 1.82) is 0 Å². The summed E-state index contributed by atoms with van der Waals surface area (Å²) in [6.45, 7) is 0. The molecule has 7 heteroatoms. The van der Waals surface area contributed by atoms with Crippen molar-refractivity contribution in [3.05, 3.63) is 12.2 Å². The molecular weight excluding hydrogens is 352 g/mol. The van der Waals surface area contributed by atoms with Gasteiger partial charge in [-0.25, -0.2) is 0 Å². The van der Waals surface area contributed by atoms with E-state index in [9.17, 15) is 9.59 Å². The molecule has 1 heterocycles. The van der Waals surface area contributed by atoms with Gasteiger partial charge in [-0.1, -0.05) is 18.6 Å². The highest BCUT2D eigenvalue weighted by molar-refractivity contribution is 6.60. The predicted molar refractivity (Wildman–Crippen MR) is 99.2 cm³/mol. The molecule has 148 valence electrons. The zero-order valence-electron chi connectivity index (χ0n) is 16.2. The van der Waals surface area contributed by atoms with E-state index in [-0.39, 0.29) is 18.3 Å². The number of carbonyl (C=O) groups is 2. The summed E-state index contributed by atoms with van der Waals surface area (Å²) in [6, 6.07) is 0.868. The van der Waals surface area contributed by atoms with E-state index in [1.54, 1.807) is 21.3 Å². The van der Waals surface area contributed by atoms with Crippen molar-refractivity contribution in [1.82, 2.24) is 0 Å². The molecule has 0 aromatic carbocycles. The molecular formula is C19H32O6Si. The van der Waals surface area contributed by atoms with Crippen LogP contribution in [0.3, 0.4) is 0 Å². The minimum absolute atomic E-state index is 0.227. The lowest BCUT2D eigenvalue weighted by Gasteiger charge is -2.28. The minimum Gasteiger partial charge on any atom is -0.393 e. The number of ether oxygens (including phenoxy) is 1. The van der Waals surface area contributed by atoms with Crippen LogP contribution in [0.1, 0.15) is 51.4 Å². The first-order chi connectivity index (χ1) is 12.5. The van der Waals surface area contributed by atoms with Crippen LogP contribution in [-0.4, -0.2) is 42.1 Å². The van der Waals surface area contributed by atoms with Gasteiger partial charge in [-0.3, -0.25) is 9.59 Å². The zero-order valence-corrected chi connectivity index (χ0v) is 17.2. The van der Waals surface area contributed by atoms with E-state index >= 15 is 0 Å². The number of hydrogen-bond donors (Lipinski definition) is 0. The Balaban J connectivity index is 1.63. The molecule has 2 rings (SSSR count). The highest BCUT2D eigenvalue weighted by Gasteiger charge is 2.37. The lowest BCUT2D eigenvalue weighted by Crippen LogP contribution is -2.42. The molecule has 0 aromatic heterocycles. The molecule has 0 amide bonds. The topological polar surface area (TPSA) is 71.1 Å². The summed E-state index contributed by atoms with van der Waals surface area (Å²) in [6.07, 6.45) is 12.2. The second kappa shape index (κ2) is 10.3. The van der Waals surface area contributed by atoms with Crippen molar-refractivity contribution in [2.24, 2.45) is 17.8 Å². The van der Waals surface area contributed by atoms with Crippen LogP contribution in [0.25, 0.3) is 0 Å². The van der Waals surface area contributed by atoms with Crippen molar-refractivity contribution in [3.8, 4) is 0 Å². The molecule has 0 radical (unpaired) electrons. The summed E-state index contributed by atoms with van der Waals surface area (Å²) in [4.78, 5) is 22.5. The first kappa shape index (κ1) is 21.3. The van der Waals surface area contributed by atoms with Crippen molar-refractivity contribution in [3.63, 3.8) is 0 Å². The first-order valence-corrected chi connectivity index (χ1v) is 11.5. The van der Waals surface area contributed by atoms with Gasteiger partial charge < -0.3 is 18.0 Å². The molecule has 0 aromatic rings. The van der Waals surface area contributed by atoms with Crippen molar-refractivity contribution < 1.29 is 27.6 Å². The average molecular weight is 385 g/mol. The largest absolute Gasteiger partial charge is 0.500 e. The number of allylic oxidation sites excluding steroid dienone is 2. The van der Waals surface area contributed by atoms with Gasteiger partial charge in [0.2, 0.25) is 0 Å². The third-order valence-electron chi connectivity index (χ3n) is 5.71. The van der Waals surface area contributed by atoms with Gasteiger partial charge in [0.1, 0.15) is 0 Å². The molecule has 1 saturated heterocycles. The van der Waals surface area contributed by atoms with Gasteiger partial charge in [0, 0.05) is 27.4 Å². The summed E-state index contributed by atoms with van der Waals surface area (Å²) < 4.78 is 21.0. The molecule has 26 heavy (non-hydrogen) atoms. The Morgan fingerprint density at radius 1 is 1.08 bits per heavy atom.